The average Bonchev–Trinajstić information content (AvgIpc) is 3.13. The first kappa shape index (κ1) is 15.3. The molecule has 0 radical (unpaired) electrons. The SMILES string of the molecule is CCc1nn(CC)c(CNCc2cc3c(s2)CCC3)c1Br. The number of hydrogen-bond acceptors (Lipinski definition) is 3. The van der Waals surface area contributed by atoms with Crippen LogP contribution in [0.4, 0.5) is 0 Å². The zero-order valence-corrected chi connectivity index (χ0v) is 15.1. The Morgan fingerprint density at radius 2 is 2.19 bits per heavy atom. The van der Waals surface area contributed by atoms with Crippen LogP contribution in [0.2, 0.25) is 0 Å². The Kier molecular flexibility index (Phi) is 4.82. The summed E-state index contributed by atoms with van der Waals surface area (Å²) in [5.74, 6) is 0. The first-order valence-electron chi connectivity index (χ1n) is 7.78. The second-order valence-electron chi connectivity index (χ2n) is 5.49. The fourth-order valence-electron chi connectivity index (χ4n) is 2.97. The van der Waals surface area contributed by atoms with Crippen molar-refractivity contribution in [3.05, 3.63) is 37.2 Å². The van der Waals surface area contributed by atoms with Gasteiger partial charge in [-0.1, -0.05) is 6.92 Å². The summed E-state index contributed by atoms with van der Waals surface area (Å²) in [6.45, 7) is 7.04. The quantitative estimate of drug-likeness (QED) is 0.833. The number of nitrogens with zero attached hydrogens (tertiary/aromatic N) is 2. The highest BCUT2D eigenvalue weighted by Crippen LogP contribution is 2.30. The van der Waals surface area contributed by atoms with Crippen LogP contribution in [-0.4, -0.2) is 9.78 Å². The number of rotatable bonds is 6. The van der Waals surface area contributed by atoms with Gasteiger partial charge in [0.15, 0.2) is 0 Å². The molecule has 114 valence electrons. The number of hydrogen-bond donors (Lipinski definition) is 1. The van der Waals surface area contributed by atoms with Gasteiger partial charge in [0.1, 0.15) is 0 Å². The molecular weight excluding hydrogens is 346 g/mol. The van der Waals surface area contributed by atoms with Gasteiger partial charge in [0.2, 0.25) is 0 Å². The average molecular weight is 368 g/mol. The van der Waals surface area contributed by atoms with Crippen molar-refractivity contribution in [2.24, 2.45) is 0 Å². The Balaban J connectivity index is 1.63. The Bertz CT molecular complexity index is 608. The van der Waals surface area contributed by atoms with E-state index in [0.717, 1.165) is 31.7 Å². The highest BCUT2D eigenvalue weighted by molar-refractivity contribution is 9.10. The molecule has 0 aromatic carbocycles. The van der Waals surface area contributed by atoms with Gasteiger partial charge in [-0.3, -0.25) is 4.68 Å². The zero-order chi connectivity index (χ0) is 14.8. The molecule has 0 bridgehead atoms. The van der Waals surface area contributed by atoms with Gasteiger partial charge in [-0.15, -0.1) is 11.3 Å². The second-order valence-corrected chi connectivity index (χ2v) is 7.51. The summed E-state index contributed by atoms with van der Waals surface area (Å²) in [7, 11) is 0. The maximum absolute atomic E-state index is 4.65. The normalized spacial score (nSPS) is 13.9. The summed E-state index contributed by atoms with van der Waals surface area (Å²) in [4.78, 5) is 3.08. The van der Waals surface area contributed by atoms with Crippen molar-refractivity contribution in [1.29, 1.82) is 0 Å². The fourth-order valence-corrected chi connectivity index (χ4v) is 4.90. The van der Waals surface area contributed by atoms with E-state index < -0.39 is 0 Å². The number of aromatic nitrogens is 2. The van der Waals surface area contributed by atoms with Crippen molar-refractivity contribution < 1.29 is 0 Å². The highest BCUT2D eigenvalue weighted by atomic mass is 79.9. The van der Waals surface area contributed by atoms with Gasteiger partial charge in [0, 0.05) is 29.4 Å². The second kappa shape index (κ2) is 6.63. The van der Waals surface area contributed by atoms with Crippen LogP contribution in [0.1, 0.15) is 47.0 Å². The summed E-state index contributed by atoms with van der Waals surface area (Å²) in [6.07, 6.45) is 4.88. The van der Waals surface area contributed by atoms with Gasteiger partial charge in [-0.2, -0.15) is 5.10 Å². The van der Waals surface area contributed by atoms with E-state index in [4.69, 9.17) is 0 Å². The van der Waals surface area contributed by atoms with Crippen LogP contribution in [0, 0.1) is 0 Å². The number of thiophene rings is 1. The summed E-state index contributed by atoms with van der Waals surface area (Å²) in [6, 6.07) is 2.39. The number of aryl methyl sites for hydroxylation is 4. The number of nitrogens with one attached hydrogen (secondary N) is 1. The van der Waals surface area contributed by atoms with Crippen LogP contribution in [-0.2, 0) is 38.9 Å². The molecule has 0 saturated heterocycles. The fraction of sp³-hybridized carbons (Fsp3) is 0.562. The highest BCUT2D eigenvalue weighted by Gasteiger charge is 2.16. The van der Waals surface area contributed by atoms with E-state index in [1.165, 1.54) is 34.3 Å². The van der Waals surface area contributed by atoms with E-state index in [2.05, 4.69) is 50.9 Å². The molecule has 2 aromatic heterocycles. The van der Waals surface area contributed by atoms with Crippen LogP contribution in [0.3, 0.4) is 0 Å². The maximum Gasteiger partial charge on any atom is 0.0767 e. The topological polar surface area (TPSA) is 29.9 Å². The molecule has 0 amide bonds. The van der Waals surface area contributed by atoms with Crippen LogP contribution >= 0.6 is 27.3 Å². The third kappa shape index (κ3) is 3.10. The molecular formula is C16H22BrN3S. The summed E-state index contributed by atoms with van der Waals surface area (Å²) in [5.41, 5.74) is 4.01. The molecule has 21 heavy (non-hydrogen) atoms. The van der Waals surface area contributed by atoms with Crippen molar-refractivity contribution in [1.82, 2.24) is 15.1 Å². The van der Waals surface area contributed by atoms with Gasteiger partial charge in [0.05, 0.1) is 15.9 Å². The van der Waals surface area contributed by atoms with Crippen LogP contribution in [0.25, 0.3) is 0 Å². The Morgan fingerprint density at radius 3 is 2.90 bits per heavy atom. The third-order valence-electron chi connectivity index (χ3n) is 4.08. The first-order valence-corrected chi connectivity index (χ1v) is 9.39. The van der Waals surface area contributed by atoms with Gasteiger partial charge >= 0.3 is 0 Å². The summed E-state index contributed by atoms with van der Waals surface area (Å²) in [5, 5.41) is 8.22. The van der Waals surface area contributed by atoms with Crippen molar-refractivity contribution in [2.75, 3.05) is 0 Å². The summed E-state index contributed by atoms with van der Waals surface area (Å²) < 4.78 is 3.28. The van der Waals surface area contributed by atoms with E-state index in [0.29, 0.717) is 0 Å². The molecule has 0 spiro atoms. The van der Waals surface area contributed by atoms with E-state index in [1.54, 1.807) is 10.4 Å². The molecule has 0 fully saturated rings. The number of halogens is 1. The lowest BCUT2D eigenvalue weighted by atomic mass is 10.2. The lowest BCUT2D eigenvalue weighted by Gasteiger charge is -2.06. The Hall–Kier alpha value is -0.650. The van der Waals surface area contributed by atoms with Gasteiger partial charge in [0.25, 0.3) is 0 Å². The molecule has 1 aliphatic rings. The zero-order valence-electron chi connectivity index (χ0n) is 12.7. The monoisotopic (exact) mass is 367 g/mol. The van der Waals surface area contributed by atoms with Crippen LogP contribution in [0.5, 0.6) is 0 Å². The van der Waals surface area contributed by atoms with Crippen molar-refractivity contribution in [3.63, 3.8) is 0 Å². The molecule has 0 unspecified atom stereocenters. The standard InChI is InChI=1S/C16H22BrN3S/c1-3-13-16(17)14(20(4-2)19-13)10-18-9-12-8-11-6-5-7-15(11)21-12/h8,18H,3-7,9-10H2,1-2H3. The molecule has 0 atom stereocenters. The van der Waals surface area contributed by atoms with Crippen molar-refractivity contribution >= 4 is 27.3 Å². The Morgan fingerprint density at radius 1 is 1.33 bits per heavy atom. The van der Waals surface area contributed by atoms with E-state index in [1.807, 2.05) is 11.3 Å². The molecule has 0 saturated carbocycles. The van der Waals surface area contributed by atoms with Gasteiger partial charge in [-0.25, -0.2) is 0 Å². The smallest absolute Gasteiger partial charge is 0.0767 e. The predicted molar refractivity (Wildman–Crippen MR) is 91.9 cm³/mol. The third-order valence-corrected chi connectivity index (χ3v) is 6.24. The van der Waals surface area contributed by atoms with E-state index in [-0.39, 0.29) is 0 Å². The number of fused-ring (bicyclic) bond motifs is 1. The van der Waals surface area contributed by atoms with E-state index in [9.17, 15) is 0 Å². The van der Waals surface area contributed by atoms with Crippen molar-refractivity contribution in [3.8, 4) is 0 Å². The van der Waals surface area contributed by atoms with Crippen LogP contribution < -0.4 is 5.32 Å². The molecule has 3 nitrogen and oxygen atoms in total. The van der Waals surface area contributed by atoms with E-state index >= 15 is 0 Å². The first-order chi connectivity index (χ1) is 10.2. The van der Waals surface area contributed by atoms with Crippen molar-refractivity contribution in [2.45, 2.75) is 59.2 Å². The van der Waals surface area contributed by atoms with Gasteiger partial charge < -0.3 is 5.32 Å². The minimum Gasteiger partial charge on any atom is -0.306 e. The molecule has 1 N–H and O–H groups in total. The molecule has 2 heterocycles. The largest absolute Gasteiger partial charge is 0.306 e. The molecule has 3 rings (SSSR count). The predicted octanol–water partition coefficient (Wildman–Crippen LogP) is 4.07. The molecule has 0 aliphatic heterocycles. The molecule has 1 aliphatic carbocycles. The summed E-state index contributed by atoms with van der Waals surface area (Å²) >= 11 is 5.69. The lowest BCUT2D eigenvalue weighted by molar-refractivity contribution is 0.578. The molecule has 5 heteroatoms. The maximum atomic E-state index is 4.65. The van der Waals surface area contributed by atoms with Crippen LogP contribution in [0.15, 0.2) is 10.5 Å². The minimum atomic E-state index is 0.865. The van der Waals surface area contributed by atoms with Gasteiger partial charge in [-0.05, 0) is 60.2 Å². The molecule has 2 aromatic rings. The minimum absolute atomic E-state index is 0.865. The Labute approximate surface area is 138 Å². The lowest BCUT2D eigenvalue weighted by Crippen LogP contribution is -2.16.